The van der Waals surface area contributed by atoms with E-state index >= 15 is 0 Å². The predicted molar refractivity (Wildman–Crippen MR) is 147 cm³/mol. The Labute approximate surface area is 220 Å². The summed E-state index contributed by atoms with van der Waals surface area (Å²) in [5, 5.41) is 7.88. The second kappa shape index (κ2) is 13.0. The molecule has 8 nitrogen and oxygen atoms in total. The standard InChI is InChI=1S/C28H33N5O3S/c1-3-36-24-10-7-9-19-14-20(12-13-22(19)24)23-16-31-27(33-23)21(8-5-4-6-11-26(34)29-2)15-32-28(35)25-17-30-18-37-25/h7,9-10,12-14,16-18,21H,3-6,8,11,15H2,1-2H3,(H,29,34)(H,31,33)(H,32,35). The number of imidazole rings is 1. The van der Waals surface area contributed by atoms with Crippen LogP contribution in [0.5, 0.6) is 5.75 Å². The van der Waals surface area contributed by atoms with Gasteiger partial charge in [0.05, 0.1) is 30.2 Å². The number of benzene rings is 2. The molecule has 2 amide bonds. The molecule has 0 aliphatic heterocycles. The molecule has 37 heavy (non-hydrogen) atoms. The Morgan fingerprint density at radius 1 is 1.14 bits per heavy atom. The van der Waals surface area contributed by atoms with Gasteiger partial charge >= 0.3 is 0 Å². The van der Waals surface area contributed by atoms with Crippen LogP contribution in [-0.2, 0) is 4.79 Å². The number of hydrogen-bond acceptors (Lipinski definition) is 6. The molecule has 0 saturated heterocycles. The molecular weight excluding hydrogens is 486 g/mol. The fourth-order valence-corrected chi connectivity index (χ4v) is 4.87. The van der Waals surface area contributed by atoms with Gasteiger partial charge in [0, 0.05) is 36.9 Å². The van der Waals surface area contributed by atoms with Crippen LogP contribution in [0, 0.1) is 0 Å². The van der Waals surface area contributed by atoms with Crippen molar-refractivity contribution in [1.82, 2.24) is 25.6 Å². The highest BCUT2D eigenvalue weighted by Gasteiger charge is 2.18. The topological polar surface area (TPSA) is 109 Å². The Morgan fingerprint density at radius 3 is 2.81 bits per heavy atom. The van der Waals surface area contributed by atoms with E-state index < -0.39 is 0 Å². The molecule has 0 aliphatic rings. The number of carbonyl (C=O) groups is 2. The van der Waals surface area contributed by atoms with Crippen LogP contribution in [0.3, 0.4) is 0 Å². The number of aromatic nitrogens is 3. The second-order valence-corrected chi connectivity index (χ2v) is 9.74. The van der Waals surface area contributed by atoms with Crippen molar-refractivity contribution in [2.75, 3.05) is 20.2 Å². The number of thiazole rings is 1. The third-order valence-corrected chi connectivity index (χ3v) is 7.11. The van der Waals surface area contributed by atoms with Crippen LogP contribution in [0.4, 0.5) is 0 Å². The first-order valence-corrected chi connectivity index (χ1v) is 13.5. The third kappa shape index (κ3) is 6.95. The predicted octanol–water partition coefficient (Wildman–Crippen LogP) is 5.30. The van der Waals surface area contributed by atoms with Crippen molar-refractivity contribution in [2.24, 2.45) is 0 Å². The number of nitrogens with zero attached hydrogens (tertiary/aromatic N) is 2. The van der Waals surface area contributed by atoms with Crippen LogP contribution in [0.25, 0.3) is 22.0 Å². The molecule has 4 rings (SSSR count). The van der Waals surface area contributed by atoms with E-state index in [1.807, 2.05) is 25.3 Å². The third-order valence-electron chi connectivity index (χ3n) is 6.33. The van der Waals surface area contributed by atoms with Gasteiger partial charge in [-0.25, -0.2) is 4.98 Å². The zero-order chi connectivity index (χ0) is 26.0. The van der Waals surface area contributed by atoms with Gasteiger partial charge in [-0.2, -0.15) is 0 Å². The van der Waals surface area contributed by atoms with E-state index in [1.54, 1.807) is 18.8 Å². The first-order valence-electron chi connectivity index (χ1n) is 12.7. The van der Waals surface area contributed by atoms with Gasteiger partial charge in [-0.15, -0.1) is 11.3 Å². The molecule has 4 aromatic rings. The van der Waals surface area contributed by atoms with Crippen LogP contribution >= 0.6 is 11.3 Å². The largest absolute Gasteiger partial charge is 0.493 e. The summed E-state index contributed by atoms with van der Waals surface area (Å²) in [5.74, 6) is 1.68. The highest BCUT2D eigenvalue weighted by molar-refractivity contribution is 7.11. The minimum absolute atomic E-state index is 0.0237. The van der Waals surface area contributed by atoms with E-state index in [4.69, 9.17) is 9.72 Å². The number of nitrogens with one attached hydrogen (secondary N) is 3. The number of H-pyrrole nitrogens is 1. The SMILES string of the molecule is CCOc1cccc2cc(-c3cnc(C(CCCCCC(=O)NC)CNC(=O)c4cncs4)[nH]3)ccc12. The molecule has 0 aliphatic carbocycles. The van der Waals surface area contributed by atoms with E-state index in [0.29, 0.717) is 24.4 Å². The van der Waals surface area contributed by atoms with Crippen LogP contribution < -0.4 is 15.4 Å². The van der Waals surface area contributed by atoms with Crippen molar-refractivity contribution in [3.8, 4) is 17.0 Å². The minimum Gasteiger partial charge on any atom is -0.493 e. The van der Waals surface area contributed by atoms with Gasteiger partial charge in [0.25, 0.3) is 5.91 Å². The second-order valence-electron chi connectivity index (χ2n) is 8.85. The summed E-state index contributed by atoms with van der Waals surface area (Å²) in [7, 11) is 1.66. The molecule has 1 atom stereocenters. The van der Waals surface area contributed by atoms with Crippen molar-refractivity contribution in [2.45, 2.75) is 44.9 Å². The molecule has 194 valence electrons. The quantitative estimate of drug-likeness (QED) is 0.208. The van der Waals surface area contributed by atoms with Crippen LogP contribution in [0.1, 0.15) is 60.4 Å². The Morgan fingerprint density at radius 2 is 2.03 bits per heavy atom. The van der Waals surface area contributed by atoms with E-state index in [9.17, 15) is 9.59 Å². The highest BCUT2D eigenvalue weighted by atomic mass is 32.1. The van der Waals surface area contributed by atoms with Crippen LogP contribution in [-0.4, -0.2) is 47.0 Å². The Bertz CT molecular complexity index is 1320. The summed E-state index contributed by atoms with van der Waals surface area (Å²) in [5.41, 5.74) is 3.62. The lowest BCUT2D eigenvalue weighted by molar-refractivity contribution is -0.120. The lowest BCUT2D eigenvalue weighted by Crippen LogP contribution is -2.28. The van der Waals surface area contributed by atoms with Crippen molar-refractivity contribution in [3.05, 3.63) is 65.0 Å². The van der Waals surface area contributed by atoms with Gasteiger partial charge in [-0.3, -0.25) is 14.6 Å². The molecule has 3 N–H and O–H groups in total. The summed E-state index contributed by atoms with van der Waals surface area (Å²) in [6.45, 7) is 3.07. The van der Waals surface area contributed by atoms with Gasteiger partial charge in [-0.1, -0.05) is 31.0 Å². The average Bonchev–Trinajstić information content (AvgIpc) is 3.63. The van der Waals surface area contributed by atoms with Crippen LogP contribution in [0.2, 0.25) is 0 Å². The number of unbranched alkanes of at least 4 members (excludes halogenated alkanes) is 2. The number of fused-ring (bicyclic) bond motifs is 1. The van der Waals surface area contributed by atoms with Crippen molar-refractivity contribution in [3.63, 3.8) is 0 Å². The summed E-state index contributed by atoms with van der Waals surface area (Å²) in [4.78, 5) is 36.8. The lowest BCUT2D eigenvalue weighted by atomic mass is 9.99. The van der Waals surface area contributed by atoms with E-state index in [2.05, 4.69) is 44.9 Å². The molecule has 0 fully saturated rings. The summed E-state index contributed by atoms with van der Waals surface area (Å²) in [6.07, 6.45) is 7.52. The molecule has 2 aromatic carbocycles. The summed E-state index contributed by atoms with van der Waals surface area (Å²) >= 11 is 1.32. The number of ether oxygens (including phenoxy) is 1. The number of amides is 2. The Hall–Kier alpha value is -3.72. The zero-order valence-electron chi connectivity index (χ0n) is 21.3. The highest BCUT2D eigenvalue weighted by Crippen LogP contribution is 2.30. The molecule has 2 aromatic heterocycles. The van der Waals surface area contributed by atoms with Gasteiger partial charge in [0.1, 0.15) is 16.5 Å². The number of hydrogen-bond donors (Lipinski definition) is 3. The molecule has 1 unspecified atom stereocenters. The van der Waals surface area contributed by atoms with Crippen molar-refractivity contribution in [1.29, 1.82) is 0 Å². The van der Waals surface area contributed by atoms with Gasteiger partial charge in [-0.05, 0) is 43.4 Å². The molecule has 0 bridgehead atoms. The maximum absolute atomic E-state index is 12.5. The molecule has 0 radical (unpaired) electrons. The Kier molecular flexibility index (Phi) is 9.26. The summed E-state index contributed by atoms with van der Waals surface area (Å²) in [6, 6.07) is 12.3. The fraction of sp³-hybridized carbons (Fsp3) is 0.357. The maximum Gasteiger partial charge on any atom is 0.263 e. The zero-order valence-corrected chi connectivity index (χ0v) is 22.1. The number of rotatable bonds is 13. The normalized spacial score (nSPS) is 11.8. The van der Waals surface area contributed by atoms with E-state index in [-0.39, 0.29) is 17.7 Å². The van der Waals surface area contributed by atoms with Gasteiger partial charge in [0.15, 0.2) is 0 Å². The van der Waals surface area contributed by atoms with E-state index in [1.165, 1.54) is 11.3 Å². The number of carbonyl (C=O) groups excluding carboxylic acids is 2. The molecule has 0 spiro atoms. The van der Waals surface area contributed by atoms with Crippen LogP contribution in [0.15, 0.2) is 54.3 Å². The average molecular weight is 520 g/mol. The monoisotopic (exact) mass is 519 g/mol. The van der Waals surface area contributed by atoms with Gasteiger partial charge < -0.3 is 20.4 Å². The first kappa shape index (κ1) is 26.3. The minimum atomic E-state index is -0.126. The summed E-state index contributed by atoms with van der Waals surface area (Å²) < 4.78 is 5.77. The lowest BCUT2D eigenvalue weighted by Gasteiger charge is -2.15. The van der Waals surface area contributed by atoms with Gasteiger partial charge in [0.2, 0.25) is 5.91 Å². The molecule has 9 heteroatoms. The molecule has 0 saturated carbocycles. The molecular formula is C28H33N5O3S. The Balaban J connectivity index is 1.48. The smallest absolute Gasteiger partial charge is 0.263 e. The fourth-order valence-electron chi connectivity index (χ4n) is 4.34. The molecule has 2 heterocycles. The number of aromatic amines is 1. The van der Waals surface area contributed by atoms with Crippen molar-refractivity contribution >= 4 is 33.9 Å². The maximum atomic E-state index is 12.5. The van der Waals surface area contributed by atoms with E-state index in [0.717, 1.165) is 59.3 Å². The first-order chi connectivity index (χ1) is 18.1. The van der Waals surface area contributed by atoms with Crippen molar-refractivity contribution < 1.29 is 14.3 Å².